The molecule has 2 N–H and O–H groups in total. The smallest absolute Gasteiger partial charge is 0.366 e. The van der Waals surface area contributed by atoms with Crippen LogP contribution in [0.15, 0.2) is 0 Å². The van der Waals surface area contributed by atoms with Crippen molar-refractivity contribution < 1.29 is 17.9 Å². The van der Waals surface area contributed by atoms with Gasteiger partial charge in [-0.3, -0.25) is 0 Å². The van der Waals surface area contributed by atoms with Crippen molar-refractivity contribution in [3.05, 3.63) is 0 Å². The maximum absolute atomic E-state index is 12.6. The van der Waals surface area contributed by atoms with Crippen LogP contribution in [0.1, 0.15) is 39.0 Å². The van der Waals surface area contributed by atoms with Gasteiger partial charge in [0.15, 0.2) is 6.10 Å². The molecule has 0 bridgehead atoms. The molecule has 0 heterocycles. The van der Waals surface area contributed by atoms with Crippen LogP contribution in [-0.2, 0) is 4.74 Å². The molecular weight excluding hydrogens is 219 g/mol. The lowest BCUT2D eigenvalue weighted by atomic mass is 9.89. The Labute approximate surface area is 94.3 Å². The first-order chi connectivity index (χ1) is 7.43. The second-order valence-corrected chi connectivity index (χ2v) is 4.63. The summed E-state index contributed by atoms with van der Waals surface area (Å²) in [5.74, 6) is 0.610. The number of halogens is 3. The van der Waals surface area contributed by atoms with Crippen molar-refractivity contribution in [2.24, 2.45) is 11.7 Å². The van der Waals surface area contributed by atoms with Gasteiger partial charge in [-0.15, -0.1) is 0 Å². The predicted molar refractivity (Wildman–Crippen MR) is 56.0 cm³/mol. The first-order valence-electron chi connectivity index (χ1n) is 5.85. The third kappa shape index (κ3) is 4.29. The zero-order chi connectivity index (χ0) is 12.2. The monoisotopic (exact) mass is 239 g/mol. The number of ether oxygens (including phenoxy) is 1. The molecule has 0 aromatic heterocycles. The van der Waals surface area contributed by atoms with Crippen LogP contribution in [0.4, 0.5) is 13.2 Å². The molecule has 5 heteroatoms. The molecule has 2 nitrogen and oxygen atoms in total. The molecule has 0 radical (unpaired) electrons. The molecular formula is C11H20F3NO. The Bertz CT molecular complexity index is 200. The van der Waals surface area contributed by atoms with Crippen molar-refractivity contribution in [2.45, 2.75) is 57.4 Å². The zero-order valence-electron chi connectivity index (χ0n) is 9.59. The van der Waals surface area contributed by atoms with Crippen LogP contribution in [0.25, 0.3) is 0 Å². The molecule has 1 atom stereocenters. The SMILES string of the molecule is CC1CCC(OC(CCN)C(F)(F)F)CC1. The molecule has 1 fully saturated rings. The Balaban J connectivity index is 2.42. The predicted octanol–water partition coefficient (Wildman–Crippen LogP) is 2.86. The maximum atomic E-state index is 12.6. The minimum atomic E-state index is -4.29. The lowest BCUT2D eigenvalue weighted by Crippen LogP contribution is -2.38. The van der Waals surface area contributed by atoms with Gasteiger partial charge < -0.3 is 10.5 Å². The molecule has 96 valence electrons. The van der Waals surface area contributed by atoms with Gasteiger partial charge in [-0.2, -0.15) is 13.2 Å². The molecule has 1 rings (SSSR count). The van der Waals surface area contributed by atoms with Crippen molar-refractivity contribution in [2.75, 3.05) is 6.54 Å². The molecule has 1 aliphatic carbocycles. The van der Waals surface area contributed by atoms with Crippen molar-refractivity contribution in [1.82, 2.24) is 0 Å². The van der Waals surface area contributed by atoms with Gasteiger partial charge in [-0.1, -0.05) is 6.92 Å². The third-order valence-electron chi connectivity index (χ3n) is 3.11. The van der Waals surface area contributed by atoms with Gasteiger partial charge in [-0.25, -0.2) is 0 Å². The van der Waals surface area contributed by atoms with E-state index in [0.717, 1.165) is 25.7 Å². The van der Waals surface area contributed by atoms with E-state index in [4.69, 9.17) is 10.5 Å². The average molecular weight is 239 g/mol. The highest BCUT2D eigenvalue weighted by Gasteiger charge is 2.41. The number of hydrogen-bond acceptors (Lipinski definition) is 2. The van der Waals surface area contributed by atoms with E-state index in [2.05, 4.69) is 6.92 Å². The van der Waals surface area contributed by atoms with Crippen molar-refractivity contribution in [3.63, 3.8) is 0 Å². The van der Waals surface area contributed by atoms with E-state index in [1.54, 1.807) is 0 Å². The molecule has 0 aromatic rings. The van der Waals surface area contributed by atoms with Gasteiger partial charge in [0.05, 0.1) is 6.10 Å². The zero-order valence-corrected chi connectivity index (χ0v) is 9.59. The Morgan fingerprint density at radius 3 is 2.25 bits per heavy atom. The fourth-order valence-corrected chi connectivity index (χ4v) is 2.06. The highest BCUT2D eigenvalue weighted by Crippen LogP contribution is 2.31. The summed E-state index contributed by atoms with van der Waals surface area (Å²) < 4.78 is 42.8. The summed E-state index contributed by atoms with van der Waals surface area (Å²) in [5.41, 5.74) is 5.17. The standard InChI is InChI=1S/C11H20F3NO/c1-8-2-4-9(5-3-8)16-10(6-7-15)11(12,13)14/h8-10H,2-7,15H2,1H3. The molecule has 1 saturated carbocycles. The lowest BCUT2D eigenvalue weighted by Gasteiger charge is -2.30. The summed E-state index contributed by atoms with van der Waals surface area (Å²) in [7, 11) is 0. The number of hydrogen-bond donors (Lipinski definition) is 1. The van der Waals surface area contributed by atoms with Crippen LogP contribution in [0, 0.1) is 5.92 Å². The first-order valence-corrected chi connectivity index (χ1v) is 5.85. The van der Waals surface area contributed by atoms with E-state index in [1.165, 1.54) is 0 Å². The minimum absolute atomic E-state index is 0.00724. The largest absolute Gasteiger partial charge is 0.414 e. The summed E-state index contributed by atoms with van der Waals surface area (Å²) in [5, 5.41) is 0. The highest BCUT2D eigenvalue weighted by molar-refractivity contribution is 4.75. The molecule has 0 aromatic carbocycles. The molecule has 1 aliphatic rings. The van der Waals surface area contributed by atoms with Crippen LogP contribution in [-0.4, -0.2) is 24.9 Å². The number of alkyl halides is 3. The molecule has 0 spiro atoms. The number of nitrogens with two attached hydrogens (primary N) is 1. The van der Waals surface area contributed by atoms with Gasteiger partial charge >= 0.3 is 6.18 Å². The van der Waals surface area contributed by atoms with E-state index in [9.17, 15) is 13.2 Å². The Kier molecular flexibility index (Phi) is 5.05. The number of rotatable bonds is 4. The normalized spacial score (nSPS) is 29.1. The van der Waals surface area contributed by atoms with Crippen LogP contribution in [0.5, 0.6) is 0 Å². The van der Waals surface area contributed by atoms with Crippen LogP contribution < -0.4 is 5.73 Å². The second kappa shape index (κ2) is 5.87. The lowest BCUT2D eigenvalue weighted by molar-refractivity contribution is -0.237. The molecule has 0 aliphatic heterocycles. The van der Waals surface area contributed by atoms with Crippen LogP contribution >= 0.6 is 0 Å². The average Bonchev–Trinajstić information content (AvgIpc) is 2.19. The second-order valence-electron chi connectivity index (χ2n) is 4.63. The molecule has 16 heavy (non-hydrogen) atoms. The Morgan fingerprint density at radius 2 is 1.81 bits per heavy atom. The van der Waals surface area contributed by atoms with Crippen LogP contribution in [0.3, 0.4) is 0 Å². The van der Waals surface area contributed by atoms with Crippen LogP contribution in [0.2, 0.25) is 0 Å². The molecule has 0 amide bonds. The van der Waals surface area contributed by atoms with Gasteiger partial charge in [0, 0.05) is 0 Å². The molecule has 1 unspecified atom stereocenters. The van der Waals surface area contributed by atoms with E-state index in [-0.39, 0.29) is 19.1 Å². The first kappa shape index (κ1) is 13.8. The van der Waals surface area contributed by atoms with Gasteiger partial charge in [-0.05, 0) is 44.6 Å². The Hall–Kier alpha value is -0.290. The topological polar surface area (TPSA) is 35.2 Å². The van der Waals surface area contributed by atoms with Crippen molar-refractivity contribution >= 4 is 0 Å². The van der Waals surface area contributed by atoms with Gasteiger partial charge in [0.1, 0.15) is 0 Å². The summed E-state index contributed by atoms with van der Waals surface area (Å²) in [6.45, 7) is 2.13. The fourth-order valence-electron chi connectivity index (χ4n) is 2.06. The minimum Gasteiger partial charge on any atom is -0.366 e. The summed E-state index contributed by atoms with van der Waals surface area (Å²) in [6.07, 6.45) is -2.98. The van der Waals surface area contributed by atoms with E-state index >= 15 is 0 Å². The van der Waals surface area contributed by atoms with Gasteiger partial charge in [0.25, 0.3) is 0 Å². The van der Waals surface area contributed by atoms with E-state index in [1.807, 2.05) is 0 Å². The fraction of sp³-hybridized carbons (Fsp3) is 1.00. The quantitative estimate of drug-likeness (QED) is 0.818. The summed E-state index contributed by atoms with van der Waals surface area (Å²) in [6, 6.07) is 0. The van der Waals surface area contributed by atoms with Crippen molar-refractivity contribution in [3.8, 4) is 0 Å². The van der Waals surface area contributed by atoms with E-state index in [0.29, 0.717) is 5.92 Å². The molecule has 0 saturated heterocycles. The van der Waals surface area contributed by atoms with E-state index < -0.39 is 12.3 Å². The highest BCUT2D eigenvalue weighted by atomic mass is 19.4. The third-order valence-corrected chi connectivity index (χ3v) is 3.11. The van der Waals surface area contributed by atoms with Gasteiger partial charge in [0.2, 0.25) is 0 Å². The summed E-state index contributed by atoms with van der Waals surface area (Å²) in [4.78, 5) is 0. The van der Waals surface area contributed by atoms with Crippen molar-refractivity contribution in [1.29, 1.82) is 0 Å². The maximum Gasteiger partial charge on any atom is 0.414 e. The summed E-state index contributed by atoms with van der Waals surface area (Å²) >= 11 is 0. The Morgan fingerprint density at radius 1 is 1.25 bits per heavy atom.